The van der Waals surface area contributed by atoms with Crippen molar-refractivity contribution in [3.8, 4) is 5.88 Å². The van der Waals surface area contributed by atoms with Gasteiger partial charge in [0.2, 0.25) is 5.88 Å². The van der Waals surface area contributed by atoms with E-state index < -0.39 is 11.6 Å². The van der Waals surface area contributed by atoms with Gasteiger partial charge in [-0.25, -0.2) is 14.2 Å². The second-order valence-electron chi connectivity index (χ2n) is 7.96. The predicted molar refractivity (Wildman–Crippen MR) is 118 cm³/mol. The third-order valence-electron chi connectivity index (χ3n) is 5.85. The zero-order valence-electron chi connectivity index (χ0n) is 18.1. The summed E-state index contributed by atoms with van der Waals surface area (Å²) in [6.07, 6.45) is 1.27. The summed E-state index contributed by atoms with van der Waals surface area (Å²) in [6, 6.07) is 7.04. The van der Waals surface area contributed by atoms with Gasteiger partial charge in [-0.2, -0.15) is 0 Å². The quantitative estimate of drug-likeness (QED) is 0.308. The molecule has 2 heterocycles. The third-order valence-corrected chi connectivity index (χ3v) is 5.85. The van der Waals surface area contributed by atoms with Gasteiger partial charge in [0.05, 0.1) is 35.4 Å². The lowest BCUT2D eigenvalue weighted by Gasteiger charge is -2.45. The van der Waals surface area contributed by atoms with Crippen molar-refractivity contribution in [1.82, 2.24) is 20.5 Å². The molecule has 33 heavy (non-hydrogen) atoms. The summed E-state index contributed by atoms with van der Waals surface area (Å²) in [5.41, 5.74) is 0.541. The SMILES string of the molecule is COCCOc1n[nH]c2cc(NC(=O)NC[C@]3(O)CCC3c3ccc(F)cc3)nc(CO)c12. The van der Waals surface area contributed by atoms with Gasteiger partial charge in [-0.05, 0) is 30.5 Å². The van der Waals surface area contributed by atoms with Crippen molar-refractivity contribution in [3.63, 3.8) is 0 Å². The molecule has 1 aliphatic rings. The minimum atomic E-state index is -1.11. The maximum atomic E-state index is 13.2. The Morgan fingerprint density at radius 3 is 2.79 bits per heavy atom. The summed E-state index contributed by atoms with van der Waals surface area (Å²) >= 11 is 0. The first-order valence-electron chi connectivity index (χ1n) is 10.6. The average Bonchev–Trinajstić information content (AvgIpc) is 3.21. The number of H-pyrrole nitrogens is 1. The number of aliphatic hydroxyl groups excluding tert-OH is 1. The second kappa shape index (κ2) is 9.69. The van der Waals surface area contributed by atoms with Gasteiger partial charge in [-0.1, -0.05) is 12.1 Å². The number of ether oxygens (including phenoxy) is 2. The molecular formula is C22H26FN5O5. The standard InChI is InChI=1S/C22H26FN5O5/c1-32-8-9-33-20-19-16(27-28-20)10-18(25-17(19)11-29)26-21(30)24-12-22(31)7-6-15(22)13-2-4-14(23)5-3-13/h2-5,10,15,29,31H,6-9,11-12H2,1H3,(H,27,28)(H2,24,25,26,30)/t15?,22-/m1/s1. The van der Waals surface area contributed by atoms with Gasteiger partial charge in [-0.3, -0.25) is 10.4 Å². The zero-order chi connectivity index (χ0) is 23.4. The topological polar surface area (TPSA) is 142 Å². The molecule has 2 aromatic heterocycles. The number of aliphatic hydroxyl groups is 2. The van der Waals surface area contributed by atoms with Gasteiger partial charge in [0.25, 0.3) is 0 Å². The van der Waals surface area contributed by atoms with Crippen molar-refractivity contribution < 1.29 is 28.9 Å². The number of aromatic nitrogens is 3. The van der Waals surface area contributed by atoms with Gasteiger partial charge >= 0.3 is 6.03 Å². The van der Waals surface area contributed by atoms with E-state index in [0.717, 1.165) is 12.0 Å². The smallest absolute Gasteiger partial charge is 0.320 e. The van der Waals surface area contributed by atoms with E-state index in [1.807, 2.05) is 0 Å². The van der Waals surface area contributed by atoms with Crippen LogP contribution in [0, 0.1) is 5.82 Å². The first-order valence-corrected chi connectivity index (χ1v) is 10.6. The number of hydrogen-bond donors (Lipinski definition) is 5. The van der Waals surface area contributed by atoms with Crippen molar-refractivity contribution >= 4 is 22.8 Å². The van der Waals surface area contributed by atoms with Crippen LogP contribution in [0.1, 0.15) is 30.0 Å². The van der Waals surface area contributed by atoms with E-state index in [1.54, 1.807) is 25.3 Å². The molecule has 2 amide bonds. The lowest BCUT2D eigenvalue weighted by atomic mass is 9.66. The molecule has 10 nitrogen and oxygen atoms in total. The monoisotopic (exact) mass is 459 g/mol. The molecule has 2 atom stereocenters. The fourth-order valence-electron chi connectivity index (χ4n) is 4.00. The van der Waals surface area contributed by atoms with Crippen LogP contribution in [0.25, 0.3) is 10.9 Å². The van der Waals surface area contributed by atoms with E-state index in [4.69, 9.17) is 9.47 Å². The molecular weight excluding hydrogens is 433 g/mol. The molecule has 0 bridgehead atoms. The number of fused-ring (bicyclic) bond motifs is 1. The molecule has 0 radical (unpaired) electrons. The van der Waals surface area contributed by atoms with E-state index >= 15 is 0 Å². The summed E-state index contributed by atoms with van der Waals surface area (Å²) in [7, 11) is 1.56. The van der Waals surface area contributed by atoms with Crippen molar-refractivity contribution in [2.45, 2.75) is 31.0 Å². The van der Waals surface area contributed by atoms with E-state index in [1.165, 1.54) is 12.1 Å². The minimum absolute atomic E-state index is 0.0253. The van der Waals surface area contributed by atoms with Crippen molar-refractivity contribution in [2.75, 3.05) is 32.2 Å². The van der Waals surface area contributed by atoms with Gasteiger partial charge in [0.1, 0.15) is 18.2 Å². The zero-order valence-corrected chi connectivity index (χ0v) is 18.1. The number of carbonyl (C=O) groups excluding carboxylic acids is 1. The average molecular weight is 459 g/mol. The number of nitrogens with one attached hydrogen (secondary N) is 3. The molecule has 3 aromatic rings. The summed E-state index contributed by atoms with van der Waals surface area (Å²) in [5.74, 6) is -0.0346. The van der Waals surface area contributed by atoms with Crippen molar-refractivity contribution in [1.29, 1.82) is 0 Å². The summed E-state index contributed by atoms with van der Waals surface area (Å²) in [4.78, 5) is 16.7. The van der Waals surface area contributed by atoms with Crippen molar-refractivity contribution in [2.24, 2.45) is 0 Å². The maximum Gasteiger partial charge on any atom is 0.320 e. The molecule has 176 valence electrons. The molecule has 11 heteroatoms. The molecule has 1 aliphatic carbocycles. The number of amides is 2. The van der Waals surface area contributed by atoms with Crippen LogP contribution in [0.5, 0.6) is 5.88 Å². The Kier molecular flexibility index (Phi) is 6.72. The van der Waals surface area contributed by atoms with Crippen LogP contribution in [-0.2, 0) is 11.3 Å². The number of benzene rings is 1. The Morgan fingerprint density at radius 1 is 1.33 bits per heavy atom. The molecule has 1 saturated carbocycles. The number of carbonyl (C=O) groups is 1. The van der Waals surface area contributed by atoms with Crippen LogP contribution in [0.3, 0.4) is 0 Å². The summed E-state index contributed by atoms with van der Waals surface area (Å²) in [6.45, 7) is 0.306. The number of urea groups is 1. The van der Waals surface area contributed by atoms with Crippen LogP contribution >= 0.6 is 0 Å². The van der Waals surface area contributed by atoms with E-state index in [9.17, 15) is 19.4 Å². The van der Waals surface area contributed by atoms with Crippen molar-refractivity contribution in [3.05, 3.63) is 47.4 Å². The molecule has 1 unspecified atom stereocenters. The first-order chi connectivity index (χ1) is 15.9. The van der Waals surface area contributed by atoms with Gasteiger partial charge in [-0.15, -0.1) is 5.10 Å². The molecule has 0 aliphatic heterocycles. The molecule has 1 fully saturated rings. The molecule has 0 spiro atoms. The molecule has 0 saturated heterocycles. The van der Waals surface area contributed by atoms with Crippen LogP contribution in [-0.4, -0.2) is 63.9 Å². The van der Waals surface area contributed by atoms with Gasteiger partial charge < -0.3 is 25.0 Å². The Labute approximate surface area is 189 Å². The summed E-state index contributed by atoms with van der Waals surface area (Å²) in [5, 5.41) is 33.3. The van der Waals surface area contributed by atoms with Crippen LogP contribution in [0.4, 0.5) is 15.0 Å². The third kappa shape index (κ3) is 4.90. The number of aromatic amines is 1. The largest absolute Gasteiger partial charge is 0.474 e. The maximum absolute atomic E-state index is 13.2. The van der Waals surface area contributed by atoms with E-state index in [2.05, 4.69) is 25.8 Å². The van der Waals surface area contributed by atoms with Crippen LogP contribution < -0.4 is 15.4 Å². The molecule has 4 rings (SSSR count). The number of hydrogen-bond acceptors (Lipinski definition) is 7. The predicted octanol–water partition coefficient (Wildman–Crippen LogP) is 2.04. The lowest BCUT2D eigenvalue weighted by Crippen LogP contribution is -2.54. The second-order valence-corrected chi connectivity index (χ2v) is 7.96. The fourth-order valence-corrected chi connectivity index (χ4v) is 4.00. The fraction of sp³-hybridized carbons (Fsp3) is 0.409. The normalized spacial score (nSPS) is 19.8. The minimum Gasteiger partial charge on any atom is -0.474 e. The Morgan fingerprint density at radius 2 is 2.12 bits per heavy atom. The Hall–Kier alpha value is -3.28. The van der Waals surface area contributed by atoms with Gasteiger partial charge in [0.15, 0.2) is 0 Å². The number of halogens is 1. The number of anilines is 1. The van der Waals surface area contributed by atoms with Crippen LogP contribution in [0.15, 0.2) is 30.3 Å². The van der Waals surface area contributed by atoms with Crippen LogP contribution in [0.2, 0.25) is 0 Å². The Balaban J connectivity index is 1.40. The molecule has 1 aromatic carbocycles. The highest BCUT2D eigenvalue weighted by atomic mass is 19.1. The first kappa shape index (κ1) is 22.9. The highest BCUT2D eigenvalue weighted by molar-refractivity contribution is 5.93. The number of methoxy groups -OCH3 is 1. The Bertz CT molecular complexity index is 1120. The van der Waals surface area contributed by atoms with E-state index in [0.29, 0.717) is 23.9 Å². The number of pyridine rings is 1. The number of nitrogens with zero attached hydrogens (tertiary/aromatic N) is 2. The van der Waals surface area contributed by atoms with E-state index in [-0.39, 0.29) is 48.9 Å². The van der Waals surface area contributed by atoms with Gasteiger partial charge in [0, 0.05) is 25.6 Å². The summed E-state index contributed by atoms with van der Waals surface area (Å²) < 4.78 is 23.7. The number of rotatable bonds is 9. The highest BCUT2D eigenvalue weighted by Crippen LogP contribution is 2.45. The highest BCUT2D eigenvalue weighted by Gasteiger charge is 2.46. The lowest BCUT2D eigenvalue weighted by molar-refractivity contribution is -0.0535. The molecule has 5 N–H and O–H groups in total.